The number of aliphatic hydroxyl groups excluding tert-OH is 1. The lowest BCUT2D eigenvalue weighted by Crippen LogP contribution is -2.15. The van der Waals surface area contributed by atoms with Gasteiger partial charge in [-0.25, -0.2) is 0 Å². The highest BCUT2D eigenvalue weighted by atomic mass is 16.5. The van der Waals surface area contributed by atoms with Gasteiger partial charge in [-0.2, -0.15) is 0 Å². The van der Waals surface area contributed by atoms with Crippen LogP contribution < -0.4 is 0 Å². The highest BCUT2D eigenvalue weighted by Crippen LogP contribution is 2.00. The molecule has 0 amide bonds. The van der Waals surface area contributed by atoms with Crippen LogP contribution in [0.25, 0.3) is 0 Å². The first-order valence-electron chi connectivity index (χ1n) is 3.57. The minimum atomic E-state index is -0.278. The van der Waals surface area contributed by atoms with Crippen LogP contribution in [0.4, 0.5) is 0 Å². The zero-order valence-electron chi connectivity index (χ0n) is 6.71. The molecule has 0 aliphatic rings. The normalized spacial score (nSPS) is 16.3. The molecule has 0 aromatic rings. The van der Waals surface area contributed by atoms with Gasteiger partial charge in [-0.05, 0) is 20.3 Å². The largest absolute Gasteiger partial charge is 0.393 e. The average Bonchev–Trinajstić information content (AvgIpc) is 1.82. The summed E-state index contributed by atoms with van der Waals surface area (Å²) in [5, 5.41) is 8.92. The van der Waals surface area contributed by atoms with E-state index in [0.717, 1.165) is 0 Å². The van der Waals surface area contributed by atoms with Crippen LogP contribution in [0.1, 0.15) is 20.3 Å². The van der Waals surface area contributed by atoms with E-state index in [9.17, 15) is 0 Å². The second-order valence-electron chi connectivity index (χ2n) is 2.52. The van der Waals surface area contributed by atoms with Crippen LogP contribution in [-0.2, 0) is 4.74 Å². The molecule has 0 aromatic carbocycles. The minimum Gasteiger partial charge on any atom is -0.393 e. The summed E-state index contributed by atoms with van der Waals surface area (Å²) in [6.45, 7) is 7.79. The van der Waals surface area contributed by atoms with Crippen molar-refractivity contribution in [1.29, 1.82) is 0 Å². The molecule has 2 unspecified atom stereocenters. The van der Waals surface area contributed by atoms with Gasteiger partial charge in [0, 0.05) is 0 Å². The third kappa shape index (κ3) is 5.79. The first-order valence-corrected chi connectivity index (χ1v) is 3.57. The molecule has 0 saturated carbocycles. The van der Waals surface area contributed by atoms with E-state index < -0.39 is 0 Å². The van der Waals surface area contributed by atoms with Crippen LogP contribution in [0.15, 0.2) is 12.7 Å². The van der Waals surface area contributed by atoms with Gasteiger partial charge in [0.1, 0.15) is 0 Å². The van der Waals surface area contributed by atoms with Crippen molar-refractivity contribution in [1.82, 2.24) is 0 Å². The van der Waals surface area contributed by atoms with Crippen LogP contribution in [0.2, 0.25) is 0 Å². The maximum absolute atomic E-state index is 8.92. The fourth-order valence-electron chi connectivity index (χ4n) is 0.781. The van der Waals surface area contributed by atoms with Crippen molar-refractivity contribution < 1.29 is 9.84 Å². The van der Waals surface area contributed by atoms with Crippen LogP contribution in [-0.4, -0.2) is 23.9 Å². The van der Waals surface area contributed by atoms with Gasteiger partial charge >= 0.3 is 0 Å². The zero-order chi connectivity index (χ0) is 7.98. The van der Waals surface area contributed by atoms with Crippen molar-refractivity contribution in [3.63, 3.8) is 0 Å². The van der Waals surface area contributed by atoms with Crippen LogP contribution in [0.5, 0.6) is 0 Å². The Morgan fingerprint density at radius 1 is 1.60 bits per heavy atom. The first kappa shape index (κ1) is 9.66. The summed E-state index contributed by atoms with van der Waals surface area (Å²) in [5.41, 5.74) is 0. The Morgan fingerprint density at radius 3 is 2.60 bits per heavy atom. The lowest BCUT2D eigenvalue weighted by atomic mass is 10.2. The second kappa shape index (κ2) is 5.45. The number of hydrogen-bond acceptors (Lipinski definition) is 2. The number of rotatable bonds is 5. The standard InChI is InChI=1S/C8H16O2/c1-4-5-10-8(3)6-7(2)9/h4,7-9H,1,5-6H2,2-3H3. The Morgan fingerprint density at radius 2 is 2.20 bits per heavy atom. The molecule has 2 atom stereocenters. The van der Waals surface area contributed by atoms with Gasteiger partial charge in [0.2, 0.25) is 0 Å². The zero-order valence-corrected chi connectivity index (χ0v) is 6.71. The minimum absolute atomic E-state index is 0.123. The summed E-state index contributed by atoms with van der Waals surface area (Å²) in [6.07, 6.45) is 2.24. The number of hydrogen-bond donors (Lipinski definition) is 1. The lowest BCUT2D eigenvalue weighted by Gasteiger charge is -2.12. The van der Waals surface area contributed by atoms with Crippen LogP contribution >= 0.6 is 0 Å². The van der Waals surface area contributed by atoms with E-state index in [2.05, 4.69) is 6.58 Å². The molecule has 0 radical (unpaired) electrons. The molecule has 0 heterocycles. The van der Waals surface area contributed by atoms with Crippen molar-refractivity contribution in [2.75, 3.05) is 6.61 Å². The summed E-state index contributed by atoms with van der Waals surface area (Å²) >= 11 is 0. The fraction of sp³-hybridized carbons (Fsp3) is 0.750. The molecule has 0 saturated heterocycles. The van der Waals surface area contributed by atoms with Gasteiger partial charge in [-0.15, -0.1) is 6.58 Å². The maximum atomic E-state index is 8.92. The lowest BCUT2D eigenvalue weighted by molar-refractivity contribution is 0.0445. The van der Waals surface area contributed by atoms with Crippen molar-refractivity contribution >= 4 is 0 Å². The van der Waals surface area contributed by atoms with Crippen molar-refractivity contribution in [3.8, 4) is 0 Å². The van der Waals surface area contributed by atoms with Gasteiger partial charge in [0.15, 0.2) is 0 Å². The van der Waals surface area contributed by atoms with E-state index in [4.69, 9.17) is 9.84 Å². The maximum Gasteiger partial charge on any atom is 0.0648 e. The fourth-order valence-corrected chi connectivity index (χ4v) is 0.781. The monoisotopic (exact) mass is 144 g/mol. The van der Waals surface area contributed by atoms with Crippen molar-refractivity contribution in [3.05, 3.63) is 12.7 Å². The van der Waals surface area contributed by atoms with Crippen LogP contribution in [0, 0.1) is 0 Å². The Bertz CT molecular complexity index is 89.3. The third-order valence-corrected chi connectivity index (χ3v) is 1.17. The summed E-state index contributed by atoms with van der Waals surface area (Å²) in [4.78, 5) is 0. The highest BCUT2D eigenvalue weighted by Gasteiger charge is 2.04. The molecular weight excluding hydrogens is 128 g/mol. The Kier molecular flexibility index (Phi) is 5.26. The molecule has 10 heavy (non-hydrogen) atoms. The number of aliphatic hydroxyl groups is 1. The second-order valence-corrected chi connectivity index (χ2v) is 2.52. The molecule has 2 heteroatoms. The predicted molar refractivity (Wildman–Crippen MR) is 41.9 cm³/mol. The molecular formula is C8H16O2. The van der Waals surface area contributed by atoms with E-state index in [1.165, 1.54) is 0 Å². The van der Waals surface area contributed by atoms with Gasteiger partial charge in [0.25, 0.3) is 0 Å². The average molecular weight is 144 g/mol. The van der Waals surface area contributed by atoms with Gasteiger partial charge in [0.05, 0.1) is 18.8 Å². The predicted octanol–water partition coefficient (Wildman–Crippen LogP) is 1.35. The summed E-state index contributed by atoms with van der Waals surface area (Å²) in [7, 11) is 0. The SMILES string of the molecule is C=CCOC(C)CC(C)O. The summed E-state index contributed by atoms with van der Waals surface area (Å²) in [5.74, 6) is 0. The Labute approximate surface area is 62.5 Å². The molecule has 0 bridgehead atoms. The Hall–Kier alpha value is -0.340. The molecule has 0 aromatic heterocycles. The highest BCUT2D eigenvalue weighted by molar-refractivity contribution is 4.66. The summed E-state index contributed by atoms with van der Waals surface area (Å²) in [6, 6.07) is 0. The van der Waals surface area contributed by atoms with E-state index in [1.54, 1.807) is 13.0 Å². The van der Waals surface area contributed by atoms with Crippen molar-refractivity contribution in [2.24, 2.45) is 0 Å². The molecule has 0 rings (SSSR count). The first-order chi connectivity index (χ1) is 4.66. The Balaban J connectivity index is 3.24. The molecule has 2 nitrogen and oxygen atoms in total. The molecule has 0 fully saturated rings. The van der Waals surface area contributed by atoms with E-state index in [1.807, 2.05) is 6.92 Å². The van der Waals surface area contributed by atoms with Gasteiger partial charge in [-0.1, -0.05) is 6.08 Å². The molecule has 0 spiro atoms. The number of ether oxygens (including phenoxy) is 1. The van der Waals surface area contributed by atoms with E-state index in [-0.39, 0.29) is 12.2 Å². The smallest absolute Gasteiger partial charge is 0.0648 e. The van der Waals surface area contributed by atoms with Gasteiger partial charge in [-0.3, -0.25) is 0 Å². The summed E-state index contributed by atoms with van der Waals surface area (Å²) < 4.78 is 5.22. The van der Waals surface area contributed by atoms with Gasteiger partial charge < -0.3 is 9.84 Å². The molecule has 1 N–H and O–H groups in total. The van der Waals surface area contributed by atoms with E-state index in [0.29, 0.717) is 13.0 Å². The molecule has 0 aliphatic heterocycles. The van der Waals surface area contributed by atoms with Crippen LogP contribution in [0.3, 0.4) is 0 Å². The van der Waals surface area contributed by atoms with E-state index >= 15 is 0 Å². The van der Waals surface area contributed by atoms with Crippen molar-refractivity contribution in [2.45, 2.75) is 32.5 Å². The quantitative estimate of drug-likeness (QED) is 0.590. The molecule has 0 aliphatic carbocycles. The third-order valence-electron chi connectivity index (χ3n) is 1.17. The topological polar surface area (TPSA) is 29.5 Å². The molecule has 60 valence electrons.